The molecular formula is C15H14N2O5S. The van der Waals surface area contributed by atoms with Crippen molar-refractivity contribution in [3.8, 4) is 5.75 Å². The van der Waals surface area contributed by atoms with Crippen molar-refractivity contribution in [2.24, 2.45) is 0 Å². The van der Waals surface area contributed by atoms with Crippen molar-refractivity contribution in [2.45, 2.75) is 18.7 Å². The normalized spacial score (nSPS) is 13.7. The SMILES string of the molecule is Cc1noc(C)c1S(=O)(=O)NC(=O)C1=Cc2ccccc2OC1. The first-order valence-corrected chi connectivity index (χ1v) is 8.29. The number of amides is 1. The zero-order valence-corrected chi connectivity index (χ0v) is 13.3. The van der Waals surface area contributed by atoms with Gasteiger partial charge < -0.3 is 9.26 Å². The Morgan fingerprint density at radius 1 is 1.26 bits per heavy atom. The molecule has 0 saturated heterocycles. The van der Waals surface area contributed by atoms with Gasteiger partial charge in [-0.2, -0.15) is 0 Å². The van der Waals surface area contributed by atoms with Crippen LogP contribution in [0.3, 0.4) is 0 Å². The van der Waals surface area contributed by atoms with E-state index in [-0.39, 0.29) is 28.5 Å². The molecule has 1 N–H and O–H groups in total. The molecule has 1 aliphatic rings. The standard InChI is InChI=1S/C15H14N2O5S/c1-9-14(10(2)22-16-9)23(19,20)17-15(18)12-7-11-5-3-4-6-13(11)21-8-12/h3-7H,8H2,1-2H3,(H,17,18). The van der Waals surface area contributed by atoms with Gasteiger partial charge in [-0.15, -0.1) is 0 Å². The third kappa shape index (κ3) is 2.85. The van der Waals surface area contributed by atoms with Crippen LogP contribution in [0.2, 0.25) is 0 Å². The van der Waals surface area contributed by atoms with E-state index in [0.717, 1.165) is 5.56 Å². The number of ether oxygens (including phenoxy) is 1. The minimum atomic E-state index is -4.06. The number of rotatable bonds is 3. The minimum absolute atomic E-state index is 0.0000319. The van der Waals surface area contributed by atoms with Crippen molar-refractivity contribution >= 4 is 22.0 Å². The van der Waals surface area contributed by atoms with Gasteiger partial charge in [0.05, 0.1) is 5.57 Å². The summed E-state index contributed by atoms with van der Waals surface area (Å²) in [6, 6.07) is 7.19. The molecule has 0 fully saturated rings. The largest absolute Gasteiger partial charge is 0.488 e. The van der Waals surface area contributed by atoms with Crippen LogP contribution in [-0.2, 0) is 14.8 Å². The number of benzene rings is 1. The second-order valence-electron chi connectivity index (χ2n) is 5.08. The monoisotopic (exact) mass is 334 g/mol. The number of carbonyl (C=O) groups is 1. The molecule has 23 heavy (non-hydrogen) atoms. The number of carbonyl (C=O) groups excluding carboxylic acids is 1. The fraction of sp³-hybridized carbons (Fsp3) is 0.200. The molecule has 1 aromatic heterocycles. The summed E-state index contributed by atoms with van der Waals surface area (Å²) in [5, 5.41) is 3.59. The van der Waals surface area contributed by atoms with Gasteiger partial charge in [0.15, 0.2) is 10.7 Å². The first kappa shape index (κ1) is 15.3. The Kier molecular flexibility index (Phi) is 3.69. The molecule has 3 rings (SSSR count). The topological polar surface area (TPSA) is 98.5 Å². The van der Waals surface area contributed by atoms with Gasteiger partial charge in [-0.05, 0) is 26.0 Å². The molecule has 120 valence electrons. The maximum Gasteiger partial charge on any atom is 0.269 e. The molecule has 2 heterocycles. The summed E-state index contributed by atoms with van der Waals surface area (Å²) in [6.45, 7) is 2.97. The Hall–Kier alpha value is -2.61. The predicted octanol–water partition coefficient (Wildman–Crippen LogP) is 1.57. The van der Waals surface area contributed by atoms with Crippen LogP contribution >= 0.6 is 0 Å². The van der Waals surface area contributed by atoms with Crippen molar-refractivity contribution in [1.82, 2.24) is 9.88 Å². The number of aryl methyl sites for hydroxylation is 2. The molecule has 0 unspecified atom stereocenters. The van der Waals surface area contributed by atoms with Gasteiger partial charge in [0.1, 0.15) is 18.1 Å². The maximum atomic E-state index is 12.3. The number of para-hydroxylation sites is 1. The summed E-state index contributed by atoms with van der Waals surface area (Å²) < 4.78 is 37.0. The van der Waals surface area contributed by atoms with Crippen LogP contribution in [0, 0.1) is 13.8 Å². The molecule has 0 aliphatic carbocycles. The fourth-order valence-corrected chi connectivity index (χ4v) is 3.66. The molecular weight excluding hydrogens is 320 g/mol. The van der Waals surface area contributed by atoms with Crippen LogP contribution in [0.5, 0.6) is 5.75 Å². The average Bonchev–Trinajstić information content (AvgIpc) is 2.86. The van der Waals surface area contributed by atoms with Crippen molar-refractivity contribution in [2.75, 3.05) is 6.61 Å². The van der Waals surface area contributed by atoms with Crippen molar-refractivity contribution < 1.29 is 22.5 Å². The number of hydrogen-bond donors (Lipinski definition) is 1. The quantitative estimate of drug-likeness (QED) is 0.915. The molecule has 1 aromatic carbocycles. The molecule has 1 amide bonds. The molecule has 0 radical (unpaired) electrons. The number of hydrogen-bond acceptors (Lipinski definition) is 6. The average molecular weight is 334 g/mol. The van der Waals surface area contributed by atoms with E-state index in [0.29, 0.717) is 5.75 Å². The van der Waals surface area contributed by atoms with Gasteiger partial charge >= 0.3 is 0 Å². The first-order valence-electron chi connectivity index (χ1n) is 6.81. The highest BCUT2D eigenvalue weighted by atomic mass is 32.2. The Bertz CT molecular complexity index is 892. The molecule has 0 bridgehead atoms. The lowest BCUT2D eigenvalue weighted by Crippen LogP contribution is -2.34. The van der Waals surface area contributed by atoms with E-state index in [1.165, 1.54) is 13.8 Å². The number of aromatic nitrogens is 1. The number of nitrogens with one attached hydrogen (secondary N) is 1. The van der Waals surface area contributed by atoms with E-state index in [1.54, 1.807) is 24.3 Å². The smallest absolute Gasteiger partial charge is 0.269 e. The first-order chi connectivity index (χ1) is 10.9. The van der Waals surface area contributed by atoms with Crippen molar-refractivity contribution in [3.05, 3.63) is 46.9 Å². The molecule has 8 heteroatoms. The Morgan fingerprint density at radius 2 is 2.00 bits per heavy atom. The zero-order valence-electron chi connectivity index (χ0n) is 12.5. The van der Waals surface area contributed by atoms with Crippen molar-refractivity contribution in [3.63, 3.8) is 0 Å². The highest BCUT2D eigenvalue weighted by Crippen LogP contribution is 2.26. The third-order valence-electron chi connectivity index (χ3n) is 3.39. The third-order valence-corrected chi connectivity index (χ3v) is 4.96. The van der Waals surface area contributed by atoms with Gasteiger partial charge in [0, 0.05) is 5.56 Å². The number of fused-ring (bicyclic) bond motifs is 1. The highest BCUT2D eigenvalue weighted by molar-refractivity contribution is 7.90. The zero-order chi connectivity index (χ0) is 16.6. The summed E-state index contributed by atoms with van der Waals surface area (Å²) in [7, 11) is -4.06. The van der Waals surface area contributed by atoms with E-state index in [1.807, 2.05) is 10.8 Å². The molecule has 1 aliphatic heterocycles. The van der Waals surface area contributed by atoms with Crippen molar-refractivity contribution in [1.29, 1.82) is 0 Å². The van der Waals surface area contributed by atoms with Crippen LogP contribution in [0.1, 0.15) is 17.0 Å². The molecule has 7 nitrogen and oxygen atoms in total. The van der Waals surface area contributed by atoms with E-state index < -0.39 is 15.9 Å². The minimum Gasteiger partial charge on any atom is -0.488 e. The lowest BCUT2D eigenvalue weighted by atomic mass is 10.1. The molecule has 0 spiro atoms. The summed E-state index contributed by atoms with van der Waals surface area (Å²) in [5.74, 6) is 0.0409. The second kappa shape index (κ2) is 5.54. The highest BCUT2D eigenvalue weighted by Gasteiger charge is 2.28. The van der Waals surface area contributed by atoms with Gasteiger partial charge in [-0.3, -0.25) is 4.79 Å². The van der Waals surface area contributed by atoms with E-state index in [9.17, 15) is 13.2 Å². The Balaban J connectivity index is 1.87. The van der Waals surface area contributed by atoms with Crippen LogP contribution < -0.4 is 9.46 Å². The van der Waals surface area contributed by atoms with Crippen LogP contribution in [-0.4, -0.2) is 26.1 Å². The summed E-state index contributed by atoms with van der Waals surface area (Å²) >= 11 is 0. The second-order valence-corrected chi connectivity index (χ2v) is 6.70. The van der Waals surface area contributed by atoms with Crippen LogP contribution in [0.15, 0.2) is 39.3 Å². The van der Waals surface area contributed by atoms with Gasteiger partial charge in [-0.25, -0.2) is 13.1 Å². The fourth-order valence-electron chi connectivity index (χ4n) is 2.34. The predicted molar refractivity (Wildman–Crippen MR) is 81.2 cm³/mol. The molecule has 2 aromatic rings. The lowest BCUT2D eigenvalue weighted by Gasteiger charge is -2.17. The number of sulfonamides is 1. The van der Waals surface area contributed by atoms with Gasteiger partial charge in [0.25, 0.3) is 15.9 Å². The van der Waals surface area contributed by atoms with Crippen LogP contribution in [0.25, 0.3) is 6.08 Å². The molecule has 0 saturated carbocycles. The maximum absolute atomic E-state index is 12.3. The summed E-state index contributed by atoms with van der Waals surface area (Å²) in [4.78, 5) is 12.1. The summed E-state index contributed by atoms with van der Waals surface area (Å²) in [6.07, 6.45) is 1.61. The summed E-state index contributed by atoms with van der Waals surface area (Å²) in [5.41, 5.74) is 1.14. The number of nitrogens with zero attached hydrogens (tertiary/aromatic N) is 1. The van der Waals surface area contributed by atoms with Crippen LogP contribution in [0.4, 0.5) is 0 Å². The lowest BCUT2D eigenvalue weighted by molar-refractivity contribution is -0.116. The van der Waals surface area contributed by atoms with Gasteiger partial charge in [0.2, 0.25) is 0 Å². The van der Waals surface area contributed by atoms with E-state index >= 15 is 0 Å². The molecule has 0 atom stereocenters. The van der Waals surface area contributed by atoms with Gasteiger partial charge in [-0.1, -0.05) is 23.4 Å². The van der Waals surface area contributed by atoms with E-state index in [4.69, 9.17) is 9.26 Å². The Labute approximate surface area is 133 Å². The Morgan fingerprint density at radius 3 is 2.70 bits per heavy atom. The van der Waals surface area contributed by atoms with E-state index in [2.05, 4.69) is 5.16 Å².